The predicted molar refractivity (Wildman–Crippen MR) is 86.5 cm³/mol. The fourth-order valence-corrected chi connectivity index (χ4v) is 3.59. The number of nitrogens with zero attached hydrogens (tertiary/aromatic N) is 2. The van der Waals surface area contributed by atoms with Gasteiger partial charge in [0.1, 0.15) is 17.6 Å². The van der Waals surface area contributed by atoms with Gasteiger partial charge in [-0.15, -0.1) is 13.2 Å². The van der Waals surface area contributed by atoms with Gasteiger partial charge in [0.2, 0.25) is 0 Å². The average Bonchev–Trinajstić information content (AvgIpc) is 2.59. The van der Waals surface area contributed by atoms with E-state index in [1.54, 1.807) is 19.9 Å². The molecule has 0 aliphatic rings. The van der Waals surface area contributed by atoms with E-state index in [0.29, 0.717) is 20.2 Å². The second kappa shape index (κ2) is 6.09. The fraction of sp³-hybridized carbons (Fsp3) is 0.214. The standard InChI is InChI=1S/C14H10Br2F3N3O/c1-6-7(2)22(13(21)9(6)5-20)12-10(16)3-8(15)4-11(12)23-14(17,18)19/h3-4H,21H2,1-2H3. The molecule has 0 atom stereocenters. The highest BCUT2D eigenvalue weighted by Gasteiger charge is 2.34. The van der Waals surface area contributed by atoms with E-state index in [1.807, 2.05) is 6.07 Å². The molecule has 0 amide bonds. The zero-order valence-electron chi connectivity index (χ0n) is 11.9. The summed E-state index contributed by atoms with van der Waals surface area (Å²) in [7, 11) is 0. The summed E-state index contributed by atoms with van der Waals surface area (Å²) >= 11 is 6.36. The molecule has 4 nitrogen and oxygen atoms in total. The molecule has 9 heteroatoms. The highest BCUT2D eigenvalue weighted by molar-refractivity contribution is 9.11. The van der Waals surface area contributed by atoms with Crippen LogP contribution in [-0.2, 0) is 0 Å². The van der Waals surface area contributed by atoms with E-state index in [4.69, 9.17) is 5.73 Å². The van der Waals surface area contributed by atoms with Gasteiger partial charge >= 0.3 is 6.36 Å². The average molecular weight is 453 g/mol. The van der Waals surface area contributed by atoms with Crippen molar-refractivity contribution in [1.82, 2.24) is 4.57 Å². The largest absolute Gasteiger partial charge is 0.573 e. The number of hydrogen-bond donors (Lipinski definition) is 1. The van der Waals surface area contributed by atoms with Gasteiger partial charge in [-0.1, -0.05) is 15.9 Å². The first kappa shape index (κ1) is 17.7. The number of nitriles is 1. The Hall–Kier alpha value is -1.66. The third kappa shape index (κ3) is 3.33. The molecular formula is C14H10Br2F3N3O. The number of benzene rings is 1. The van der Waals surface area contributed by atoms with Gasteiger partial charge in [-0.3, -0.25) is 4.57 Å². The lowest BCUT2D eigenvalue weighted by Crippen LogP contribution is -2.19. The molecule has 2 aromatic rings. The molecule has 2 N–H and O–H groups in total. The van der Waals surface area contributed by atoms with Crippen molar-refractivity contribution in [2.45, 2.75) is 20.2 Å². The van der Waals surface area contributed by atoms with E-state index in [9.17, 15) is 18.4 Å². The van der Waals surface area contributed by atoms with Crippen molar-refractivity contribution in [2.24, 2.45) is 0 Å². The van der Waals surface area contributed by atoms with Gasteiger partial charge in [0.25, 0.3) is 0 Å². The Bertz CT molecular complexity index is 822. The van der Waals surface area contributed by atoms with Crippen molar-refractivity contribution in [2.75, 3.05) is 5.73 Å². The van der Waals surface area contributed by atoms with Gasteiger partial charge in [-0.25, -0.2) is 0 Å². The molecule has 0 saturated heterocycles. The Morgan fingerprint density at radius 2 is 1.87 bits per heavy atom. The fourth-order valence-electron chi connectivity index (χ4n) is 2.22. The lowest BCUT2D eigenvalue weighted by atomic mass is 10.2. The van der Waals surface area contributed by atoms with Crippen molar-refractivity contribution < 1.29 is 17.9 Å². The third-order valence-electron chi connectivity index (χ3n) is 3.30. The Morgan fingerprint density at radius 1 is 1.26 bits per heavy atom. The van der Waals surface area contributed by atoms with Crippen LogP contribution in [0.4, 0.5) is 19.0 Å². The summed E-state index contributed by atoms with van der Waals surface area (Å²) in [6.45, 7) is 3.34. The van der Waals surface area contributed by atoms with Crippen LogP contribution in [-0.4, -0.2) is 10.9 Å². The van der Waals surface area contributed by atoms with E-state index < -0.39 is 12.1 Å². The summed E-state index contributed by atoms with van der Waals surface area (Å²) in [6, 6.07) is 4.72. The molecule has 1 aromatic carbocycles. The van der Waals surface area contributed by atoms with Crippen LogP contribution >= 0.6 is 31.9 Å². The number of nitrogens with two attached hydrogens (primary N) is 1. The second-order valence-corrected chi connectivity index (χ2v) is 6.47. The molecule has 1 heterocycles. The third-order valence-corrected chi connectivity index (χ3v) is 4.37. The van der Waals surface area contributed by atoms with Gasteiger partial charge in [0.15, 0.2) is 5.75 Å². The monoisotopic (exact) mass is 451 g/mol. The molecule has 122 valence electrons. The lowest BCUT2D eigenvalue weighted by Gasteiger charge is -2.18. The number of halogens is 5. The van der Waals surface area contributed by atoms with E-state index in [-0.39, 0.29) is 17.1 Å². The number of anilines is 1. The van der Waals surface area contributed by atoms with Crippen LogP contribution < -0.4 is 10.5 Å². The maximum atomic E-state index is 12.7. The van der Waals surface area contributed by atoms with Crippen molar-refractivity contribution in [3.8, 4) is 17.5 Å². The van der Waals surface area contributed by atoms with E-state index in [1.165, 1.54) is 10.6 Å². The number of hydrogen-bond acceptors (Lipinski definition) is 3. The first-order chi connectivity index (χ1) is 10.6. The van der Waals surface area contributed by atoms with Gasteiger partial charge in [0, 0.05) is 14.6 Å². The Balaban J connectivity index is 2.82. The minimum Gasteiger partial charge on any atom is -0.403 e. The molecule has 0 aliphatic heterocycles. The molecule has 0 saturated carbocycles. The zero-order valence-corrected chi connectivity index (χ0v) is 15.1. The molecule has 23 heavy (non-hydrogen) atoms. The van der Waals surface area contributed by atoms with Crippen LogP contribution in [0.2, 0.25) is 0 Å². The number of aromatic nitrogens is 1. The smallest absolute Gasteiger partial charge is 0.403 e. The summed E-state index contributed by atoms with van der Waals surface area (Å²) in [5.41, 5.74) is 7.40. The predicted octanol–water partition coefficient (Wildman–Crippen LogP) is 4.97. The number of rotatable bonds is 2. The molecule has 1 aromatic heterocycles. The van der Waals surface area contributed by atoms with E-state index in [2.05, 4.69) is 36.6 Å². The zero-order chi connectivity index (χ0) is 17.5. The molecular weight excluding hydrogens is 443 g/mol. The van der Waals surface area contributed by atoms with Crippen molar-refractivity contribution in [1.29, 1.82) is 5.26 Å². The van der Waals surface area contributed by atoms with Crippen LogP contribution in [0.15, 0.2) is 21.1 Å². The van der Waals surface area contributed by atoms with Crippen molar-refractivity contribution in [3.63, 3.8) is 0 Å². The maximum Gasteiger partial charge on any atom is 0.573 e. The Morgan fingerprint density at radius 3 is 2.35 bits per heavy atom. The Kier molecular flexibility index (Phi) is 4.69. The van der Waals surface area contributed by atoms with Crippen LogP contribution in [0, 0.1) is 25.2 Å². The molecule has 2 rings (SSSR count). The van der Waals surface area contributed by atoms with Crippen molar-refractivity contribution >= 4 is 37.7 Å². The molecule has 0 aliphatic carbocycles. The highest BCUT2D eigenvalue weighted by Crippen LogP contribution is 2.41. The summed E-state index contributed by atoms with van der Waals surface area (Å²) in [5.74, 6) is -0.384. The van der Waals surface area contributed by atoms with Crippen molar-refractivity contribution in [3.05, 3.63) is 37.9 Å². The summed E-state index contributed by atoms with van der Waals surface area (Å²) in [6.07, 6.45) is -4.86. The molecule has 0 fully saturated rings. The summed E-state index contributed by atoms with van der Waals surface area (Å²) in [5, 5.41) is 9.18. The van der Waals surface area contributed by atoms with Gasteiger partial charge in [-0.05, 0) is 47.5 Å². The summed E-state index contributed by atoms with van der Waals surface area (Å²) < 4.78 is 44.3. The highest BCUT2D eigenvalue weighted by atomic mass is 79.9. The SMILES string of the molecule is Cc1c(C#N)c(N)n(-c2c(Br)cc(Br)cc2OC(F)(F)F)c1C. The molecule has 0 spiro atoms. The Labute approximate surface area is 146 Å². The minimum absolute atomic E-state index is 0.0533. The first-order valence-corrected chi connectivity index (χ1v) is 7.78. The van der Waals surface area contributed by atoms with Crippen LogP contribution in [0.1, 0.15) is 16.8 Å². The number of ether oxygens (including phenoxy) is 1. The van der Waals surface area contributed by atoms with Crippen LogP contribution in [0.5, 0.6) is 5.75 Å². The van der Waals surface area contributed by atoms with Crippen LogP contribution in [0.25, 0.3) is 5.69 Å². The molecule has 0 bridgehead atoms. The maximum absolute atomic E-state index is 12.7. The number of nitrogen functional groups attached to an aromatic ring is 1. The van der Waals surface area contributed by atoms with Crippen LogP contribution in [0.3, 0.4) is 0 Å². The summed E-state index contributed by atoms with van der Waals surface area (Å²) in [4.78, 5) is 0. The molecule has 0 unspecified atom stereocenters. The minimum atomic E-state index is -4.86. The molecule has 0 radical (unpaired) electrons. The quantitative estimate of drug-likeness (QED) is 0.699. The number of alkyl halides is 3. The van der Waals surface area contributed by atoms with Gasteiger partial charge in [-0.2, -0.15) is 5.26 Å². The lowest BCUT2D eigenvalue weighted by molar-refractivity contribution is -0.274. The normalized spacial score (nSPS) is 11.4. The second-order valence-electron chi connectivity index (χ2n) is 4.70. The first-order valence-electron chi connectivity index (χ1n) is 6.19. The van der Waals surface area contributed by atoms with E-state index >= 15 is 0 Å². The van der Waals surface area contributed by atoms with E-state index in [0.717, 1.165) is 0 Å². The van der Waals surface area contributed by atoms with Gasteiger partial charge in [0.05, 0.1) is 5.56 Å². The van der Waals surface area contributed by atoms with Gasteiger partial charge < -0.3 is 10.5 Å². The topological polar surface area (TPSA) is 64.0 Å².